The minimum Gasteiger partial charge on any atom is -0.381 e. The van der Waals surface area contributed by atoms with Crippen molar-refractivity contribution in [1.29, 1.82) is 0 Å². The lowest BCUT2D eigenvalue weighted by atomic mass is 9.72. The van der Waals surface area contributed by atoms with Crippen LogP contribution in [0.2, 0.25) is 0 Å². The fourth-order valence-electron chi connectivity index (χ4n) is 3.08. The number of anilines is 1. The Morgan fingerprint density at radius 1 is 1.35 bits per heavy atom. The molecule has 0 saturated carbocycles. The number of aromatic nitrogens is 2. The van der Waals surface area contributed by atoms with E-state index in [9.17, 15) is 4.79 Å². The zero-order chi connectivity index (χ0) is 13.8. The number of carbonyl (C=O) groups excluding carboxylic acids is 1. The zero-order valence-corrected chi connectivity index (χ0v) is 12.3. The average Bonchev–Trinajstić information content (AvgIpc) is 2.95. The second kappa shape index (κ2) is 6.15. The average molecular weight is 296 g/mol. The fraction of sp³-hybridized carbons (Fsp3) is 0.769. The van der Waals surface area contributed by atoms with Crippen LogP contribution in [0, 0.1) is 5.41 Å². The smallest absolute Gasteiger partial charge is 0.240 e. The zero-order valence-electron chi connectivity index (χ0n) is 11.5. The van der Waals surface area contributed by atoms with Crippen molar-refractivity contribution < 1.29 is 9.53 Å². The topological polar surface area (TPSA) is 67.3 Å². The molecular weight excluding hydrogens is 276 g/mol. The summed E-state index contributed by atoms with van der Waals surface area (Å²) in [6.07, 6.45) is 4.72. The van der Waals surface area contributed by atoms with Gasteiger partial charge in [0.15, 0.2) is 0 Å². The molecular formula is C13H20N4O2S. The molecule has 1 amide bonds. The molecule has 2 aliphatic heterocycles. The van der Waals surface area contributed by atoms with Crippen molar-refractivity contribution in [3.8, 4) is 0 Å². The van der Waals surface area contributed by atoms with Gasteiger partial charge in [-0.3, -0.25) is 15.0 Å². The molecule has 3 rings (SSSR count). The van der Waals surface area contributed by atoms with E-state index < -0.39 is 0 Å². The van der Waals surface area contributed by atoms with Gasteiger partial charge in [-0.1, -0.05) is 11.3 Å². The summed E-state index contributed by atoms with van der Waals surface area (Å²) in [6.45, 7) is 4.26. The number of nitrogens with one attached hydrogen (secondary N) is 1. The first-order chi connectivity index (χ1) is 9.76. The number of hydrogen-bond donors (Lipinski definition) is 1. The minimum absolute atomic E-state index is 0.00433. The van der Waals surface area contributed by atoms with Crippen molar-refractivity contribution in [2.24, 2.45) is 5.41 Å². The lowest BCUT2D eigenvalue weighted by Crippen LogP contribution is -2.45. The van der Waals surface area contributed by atoms with Crippen LogP contribution < -0.4 is 5.32 Å². The fourth-order valence-corrected chi connectivity index (χ4v) is 3.54. The molecule has 6 nitrogen and oxygen atoms in total. The van der Waals surface area contributed by atoms with Crippen LogP contribution in [0.4, 0.5) is 5.13 Å². The van der Waals surface area contributed by atoms with Gasteiger partial charge in [-0.25, -0.2) is 0 Å². The normalized spacial score (nSPS) is 22.8. The van der Waals surface area contributed by atoms with E-state index in [1.807, 2.05) is 0 Å². The van der Waals surface area contributed by atoms with Gasteiger partial charge in [0.1, 0.15) is 5.51 Å². The van der Waals surface area contributed by atoms with E-state index in [4.69, 9.17) is 4.74 Å². The standard InChI is InChI=1S/C13H20N4O2S/c18-11(15-12-16-14-10-20-12)9-17-5-1-13(2-6-17)3-7-19-8-4-13/h10H,1-9H2,(H,15,16,18). The predicted molar refractivity (Wildman–Crippen MR) is 76.7 cm³/mol. The van der Waals surface area contributed by atoms with Gasteiger partial charge >= 0.3 is 0 Å². The molecule has 3 heterocycles. The van der Waals surface area contributed by atoms with Crippen LogP contribution in [-0.4, -0.2) is 53.9 Å². The van der Waals surface area contributed by atoms with Gasteiger partial charge in [0.2, 0.25) is 11.0 Å². The van der Waals surface area contributed by atoms with Gasteiger partial charge in [0, 0.05) is 13.2 Å². The van der Waals surface area contributed by atoms with Crippen molar-refractivity contribution in [3.63, 3.8) is 0 Å². The number of amides is 1. The van der Waals surface area contributed by atoms with Crippen LogP contribution in [0.25, 0.3) is 0 Å². The highest BCUT2D eigenvalue weighted by Gasteiger charge is 2.36. The Bertz CT molecular complexity index is 435. The first-order valence-electron chi connectivity index (χ1n) is 7.12. The molecule has 0 atom stereocenters. The van der Waals surface area contributed by atoms with Crippen molar-refractivity contribution in [2.75, 3.05) is 38.2 Å². The molecule has 1 N–H and O–H groups in total. The molecule has 0 bridgehead atoms. The highest BCUT2D eigenvalue weighted by molar-refractivity contribution is 7.13. The number of nitrogens with zero attached hydrogens (tertiary/aromatic N) is 3. The van der Waals surface area contributed by atoms with Crippen LogP contribution in [0.1, 0.15) is 25.7 Å². The number of piperidine rings is 1. The molecule has 110 valence electrons. The molecule has 1 aromatic rings. The molecule has 2 aliphatic rings. The Hall–Kier alpha value is -1.05. The first-order valence-corrected chi connectivity index (χ1v) is 8.00. The minimum atomic E-state index is 0.00433. The summed E-state index contributed by atoms with van der Waals surface area (Å²) in [5, 5.41) is 10.9. The van der Waals surface area contributed by atoms with E-state index >= 15 is 0 Å². The number of rotatable bonds is 3. The van der Waals surface area contributed by atoms with Crippen LogP contribution >= 0.6 is 11.3 Å². The van der Waals surface area contributed by atoms with Crippen molar-refractivity contribution >= 4 is 22.4 Å². The molecule has 2 saturated heterocycles. The number of carbonyl (C=O) groups is 1. The Kier molecular flexibility index (Phi) is 4.28. The van der Waals surface area contributed by atoms with E-state index in [0.29, 0.717) is 17.1 Å². The van der Waals surface area contributed by atoms with Crippen LogP contribution in [0.15, 0.2) is 5.51 Å². The maximum atomic E-state index is 11.9. The molecule has 0 unspecified atom stereocenters. The molecule has 1 spiro atoms. The third-order valence-electron chi connectivity index (χ3n) is 4.44. The second-order valence-electron chi connectivity index (χ2n) is 5.68. The Morgan fingerprint density at radius 3 is 2.75 bits per heavy atom. The third-order valence-corrected chi connectivity index (χ3v) is 5.05. The van der Waals surface area contributed by atoms with Crippen molar-refractivity contribution in [1.82, 2.24) is 15.1 Å². The number of ether oxygens (including phenoxy) is 1. The van der Waals surface area contributed by atoms with Gasteiger partial charge in [0.25, 0.3) is 0 Å². The lowest BCUT2D eigenvalue weighted by molar-refractivity contribution is -0.118. The van der Waals surface area contributed by atoms with E-state index in [1.165, 1.54) is 37.0 Å². The highest BCUT2D eigenvalue weighted by Crippen LogP contribution is 2.40. The maximum absolute atomic E-state index is 11.9. The lowest BCUT2D eigenvalue weighted by Gasteiger charge is -2.43. The summed E-state index contributed by atoms with van der Waals surface area (Å²) in [6, 6.07) is 0. The number of likely N-dealkylation sites (tertiary alicyclic amines) is 1. The summed E-state index contributed by atoms with van der Waals surface area (Å²) >= 11 is 1.34. The summed E-state index contributed by atoms with van der Waals surface area (Å²) in [5.74, 6) is 0.00433. The molecule has 2 fully saturated rings. The second-order valence-corrected chi connectivity index (χ2v) is 6.51. The summed E-state index contributed by atoms with van der Waals surface area (Å²) in [7, 11) is 0. The summed E-state index contributed by atoms with van der Waals surface area (Å²) in [4.78, 5) is 14.1. The Balaban J connectivity index is 1.45. The summed E-state index contributed by atoms with van der Waals surface area (Å²) < 4.78 is 5.46. The van der Waals surface area contributed by atoms with Gasteiger partial charge < -0.3 is 4.74 Å². The molecule has 0 aromatic carbocycles. The Labute approximate surface area is 122 Å². The molecule has 20 heavy (non-hydrogen) atoms. The van der Waals surface area contributed by atoms with E-state index in [0.717, 1.165) is 26.3 Å². The molecule has 0 aliphatic carbocycles. The predicted octanol–water partition coefficient (Wildman–Crippen LogP) is 1.37. The first kappa shape index (κ1) is 13.9. The van der Waals surface area contributed by atoms with Crippen molar-refractivity contribution in [3.05, 3.63) is 5.51 Å². The molecule has 1 aromatic heterocycles. The third kappa shape index (κ3) is 3.34. The highest BCUT2D eigenvalue weighted by atomic mass is 32.1. The monoisotopic (exact) mass is 296 g/mol. The maximum Gasteiger partial charge on any atom is 0.240 e. The van der Waals surface area contributed by atoms with Crippen molar-refractivity contribution in [2.45, 2.75) is 25.7 Å². The van der Waals surface area contributed by atoms with Gasteiger partial charge in [-0.15, -0.1) is 10.2 Å². The van der Waals surface area contributed by atoms with Crippen LogP contribution in [0.3, 0.4) is 0 Å². The van der Waals surface area contributed by atoms with E-state index in [1.54, 1.807) is 5.51 Å². The molecule has 0 radical (unpaired) electrons. The summed E-state index contributed by atoms with van der Waals surface area (Å²) in [5.41, 5.74) is 2.09. The Morgan fingerprint density at radius 2 is 2.10 bits per heavy atom. The quantitative estimate of drug-likeness (QED) is 0.912. The van der Waals surface area contributed by atoms with Gasteiger partial charge in [0.05, 0.1) is 6.54 Å². The SMILES string of the molecule is O=C(CN1CCC2(CCOCC2)CC1)Nc1nncs1. The van der Waals surface area contributed by atoms with Crippen LogP contribution in [0.5, 0.6) is 0 Å². The molecule has 7 heteroatoms. The van der Waals surface area contributed by atoms with E-state index in [-0.39, 0.29) is 5.91 Å². The van der Waals surface area contributed by atoms with Crippen LogP contribution in [-0.2, 0) is 9.53 Å². The number of hydrogen-bond acceptors (Lipinski definition) is 6. The van der Waals surface area contributed by atoms with Gasteiger partial charge in [-0.2, -0.15) is 0 Å². The van der Waals surface area contributed by atoms with E-state index in [2.05, 4.69) is 20.4 Å². The van der Waals surface area contributed by atoms with Gasteiger partial charge in [-0.05, 0) is 44.2 Å². The largest absolute Gasteiger partial charge is 0.381 e.